The van der Waals surface area contributed by atoms with Crippen molar-refractivity contribution in [2.75, 3.05) is 6.54 Å². The molecular formula is C13H16ClNO2. The van der Waals surface area contributed by atoms with Crippen LogP contribution < -0.4 is 5.32 Å². The Morgan fingerprint density at radius 3 is 2.94 bits per heavy atom. The van der Waals surface area contributed by atoms with Crippen molar-refractivity contribution >= 4 is 17.5 Å². The van der Waals surface area contributed by atoms with E-state index >= 15 is 0 Å². The second-order valence-electron chi connectivity index (χ2n) is 4.53. The van der Waals surface area contributed by atoms with Gasteiger partial charge in [0.15, 0.2) is 0 Å². The summed E-state index contributed by atoms with van der Waals surface area (Å²) in [5, 5.41) is 13.0. The number of carbonyl (C=O) groups is 1. The van der Waals surface area contributed by atoms with Gasteiger partial charge in [-0.2, -0.15) is 0 Å². The predicted molar refractivity (Wildman–Crippen MR) is 67.3 cm³/mol. The molecule has 17 heavy (non-hydrogen) atoms. The monoisotopic (exact) mass is 253 g/mol. The van der Waals surface area contributed by atoms with Crippen molar-refractivity contribution in [2.45, 2.75) is 25.9 Å². The van der Waals surface area contributed by atoms with E-state index in [4.69, 9.17) is 11.6 Å². The van der Waals surface area contributed by atoms with Crippen LogP contribution in [0.5, 0.6) is 0 Å². The lowest BCUT2D eigenvalue weighted by Gasteiger charge is -2.12. The zero-order valence-corrected chi connectivity index (χ0v) is 10.5. The second kappa shape index (κ2) is 5.07. The number of nitrogens with one attached hydrogen (secondary N) is 1. The van der Waals surface area contributed by atoms with Gasteiger partial charge in [-0.15, -0.1) is 0 Å². The van der Waals surface area contributed by atoms with Crippen molar-refractivity contribution in [3.63, 3.8) is 0 Å². The molecule has 2 rings (SSSR count). The van der Waals surface area contributed by atoms with Crippen LogP contribution in [-0.4, -0.2) is 23.7 Å². The van der Waals surface area contributed by atoms with Crippen molar-refractivity contribution in [2.24, 2.45) is 5.92 Å². The number of hydrogen-bond acceptors (Lipinski definition) is 2. The van der Waals surface area contributed by atoms with Crippen molar-refractivity contribution in [1.29, 1.82) is 0 Å². The Labute approximate surface area is 106 Å². The molecule has 2 N–H and O–H groups in total. The summed E-state index contributed by atoms with van der Waals surface area (Å²) in [6.45, 7) is 2.13. The number of amides is 1. The first-order valence-corrected chi connectivity index (χ1v) is 6.18. The van der Waals surface area contributed by atoms with E-state index in [1.807, 2.05) is 6.92 Å². The molecule has 1 aliphatic rings. The van der Waals surface area contributed by atoms with Gasteiger partial charge in [0.05, 0.1) is 6.10 Å². The van der Waals surface area contributed by atoms with Crippen LogP contribution in [0.2, 0.25) is 5.02 Å². The molecule has 4 heteroatoms. The number of hydrogen-bond donors (Lipinski definition) is 2. The molecule has 0 saturated heterocycles. The summed E-state index contributed by atoms with van der Waals surface area (Å²) in [7, 11) is 0. The molecule has 0 heterocycles. The molecule has 1 saturated carbocycles. The molecule has 1 unspecified atom stereocenters. The summed E-state index contributed by atoms with van der Waals surface area (Å²) < 4.78 is 0. The molecule has 1 aromatic rings. The first kappa shape index (κ1) is 12.4. The number of aliphatic hydroxyl groups excluding tert-OH is 1. The molecule has 1 atom stereocenters. The zero-order chi connectivity index (χ0) is 12.4. The first-order chi connectivity index (χ1) is 8.09. The predicted octanol–water partition coefficient (Wildman–Crippen LogP) is 2.15. The Morgan fingerprint density at radius 1 is 1.59 bits per heavy atom. The highest BCUT2D eigenvalue weighted by Gasteiger charge is 2.29. The quantitative estimate of drug-likeness (QED) is 0.864. The molecule has 1 aromatic carbocycles. The Morgan fingerprint density at radius 2 is 2.29 bits per heavy atom. The van der Waals surface area contributed by atoms with Gasteiger partial charge in [-0.3, -0.25) is 4.79 Å². The molecular weight excluding hydrogens is 238 g/mol. The summed E-state index contributed by atoms with van der Waals surface area (Å²) in [5.41, 5.74) is 1.34. The summed E-state index contributed by atoms with van der Waals surface area (Å²) in [4.78, 5) is 11.9. The van der Waals surface area contributed by atoms with Crippen LogP contribution in [0.3, 0.4) is 0 Å². The minimum atomic E-state index is -0.418. The van der Waals surface area contributed by atoms with E-state index in [2.05, 4.69) is 5.32 Å². The zero-order valence-electron chi connectivity index (χ0n) is 9.74. The van der Waals surface area contributed by atoms with Crippen molar-refractivity contribution in [1.82, 2.24) is 5.32 Å². The normalized spacial score (nSPS) is 16.6. The van der Waals surface area contributed by atoms with E-state index in [-0.39, 0.29) is 5.91 Å². The van der Waals surface area contributed by atoms with Crippen LogP contribution in [0.1, 0.15) is 28.8 Å². The molecule has 0 bridgehead atoms. The SMILES string of the molecule is Cc1c(Cl)cccc1C(=O)NCC(O)C1CC1. The van der Waals surface area contributed by atoms with Crippen LogP contribution in [-0.2, 0) is 0 Å². The summed E-state index contributed by atoms with van der Waals surface area (Å²) in [5.74, 6) is 0.195. The number of carbonyl (C=O) groups excluding carboxylic acids is 1. The standard InChI is InChI=1S/C13H16ClNO2/c1-8-10(3-2-4-11(8)14)13(17)15-7-12(16)9-5-6-9/h2-4,9,12,16H,5-7H2,1H3,(H,15,17). The fraction of sp³-hybridized carbons (Fsp3) is 0.462. The van der Waals surface area contributed by atoms with E-state index in [0.717, 1.165) is 18.4 Å². The molecule has 0 aromatic heterocycles. The van der Waals surface area contributed by atoms with Crippen LogP contribution in [0, 0.1) is 12.8 Å². The van der Waals surface area contributed by atoms with Crippen molar-refractivity contribution < 1.29 is 9.90 Å². The van der Waals surface area contributed by atoms with E-state index in [1.54, 1.807) is 18.2 Å². The number of benzene rings is 1. The molecule has 0 aliphatic heterocycles. The Balaban J connectivity index is 1.96. The fourth-order valence-electron chi connectivity index (χ4n) is 1.79. The lowest BCUT2D eigenvalue weighted by molar-refractivity contribution is 0.0900. The summed E-state index contributed by atoms with van der Waals surface area (Å²) in [6, 6.07) is 5.24. The molecule has 1 aliphatic carbocycles. The number of rotatable bonds is 4. The average Bonchev–Trinajstić information content (AvgIpc) is 3.13. The molecule has 0 spiro atoms. The largest absolute Gasteiger partial charge is 0.391 e. The smallest absolute Gasteiger partial charge is 0.251 e. The lowest BCUT2D eigenvalue weighted by Crippen LogP contribution is -2.33. The van der Waals surface area contributed by atoms with Gasteiger partial charge in [-0.25, -0.2) is 0 Å². The maximum Gasteiger partial charge on any atom is 0.251 e. The average molecular weight is 254 g/mol. The molecule has 0 radical (unpaired) electrons. The van der Waals surface area contributed by atoms with Crippen molar-refractivity contribution in [3.8, 4) is 0 Å². The van der Waals surface area contributed by atoms with E-state index in [9.17, 15) is 9.90 Å². The van der Waals surface area contributed by atoms with Gasteiger partial charge in [0.25, 0.3) is 5.91 Å². The maximum absolute atomic E-state index is 11.9. The second-order valence-corrected chi connectivity index (χ2v) is 4.93. The molecule has 3 nitrogen and oxygen atoms in total. The van der Waals surface area contributed by atoms with Gasteiger partial charge in [-0.1, -0.05) is 17.7 Å². The molecule has 1 amide bonds. The third-order valence-corrected chi connectivity index (χ3v) is 3.56. The third-order valence-electron chi connectivity index (χ3n) is 3.15. The Kier molecular flexibility index (Phi) is 3.69. The van der Waals surface area contributed by atoms with Gasteiger partial charge in [0.2, 0.25) is 0 Å². The number of halogens is 1. The highest BCUT2D eigenvalue weighted by Crippen LogP contribution is 2.32. The first-order valence-electron chi connectivity index (χ1n) is 5.81. The van der Waals surface area contributed by atoms with E-state index in [1.165, 1.54) is 0 Å². The van der Waals surface area contributed by atoms with Gasteiger partial charge in [0.1, 0.15) is 0 Å². The fourth-order valence-corrected chi connectivity index (χ4v) is 1.97. The highest BCUT2D eigenvalue weighted by molar-refractivity contribution is 6.31. The highest BCUT2D eigenvalue weighted by atomic mass is 35.5. The van der Waals surface area contributed by atoms with Gasteiger partial charge < -0.3 is 10.4 Å². The van der Waals surface area contributed by atoms with Gasteiger partial charge in [-0.05, 0) is 43.4 Å². The van der Waals surface area contributed by atoms with Crippen LogP contribution in [0.15, 0.2) is 18.2 Å². The lowest BCUT2D eigenvalue weighted by atomic mass is 10.1. The maximum atomic E-state index is 11.9. The molecule has 1 fully saturated rings. The minimum Gasteiger partial charge on any atom is -0.391 e. The van der Waals surface area contributed by atoms with Gasteiger partial charge in [0, 0.05) is 17.1 Å². The van der Waals surface area contributed by atoms with Crippen molar-refractivity contribution in [3.05, 3.63) is 34.3 Å². The van der Waals surface area contributed by atoms with Crippen LogP contribution in [0.4, 0.5) is 0 Å². The Bertz CT molecular complexity index is 429. The van der Waals surface area contributed by atoms with E-state index < -0.39 is 6.10 Å². The third kappa shape index (κ3) is 2.99. The summed E-state index contributed by atoms with van der Waals surface area (Å²) >= 11 is 5.95. The van der Waals surface area contributed by atoms with Crippen LogP contribution in [0.25, 0.3) is 0 Å². The molecule has 92 valence electrons. The van der Waals surface area contributed by atoms with Gasteiger partial charge >= 0.3 is 0 Å². The summed E-state index contributed by atoms with van der Waals surface area (Å²) in [6.07, 6.45) is 1.71. The Hall–Kier alpha value is -1.06. The minimum absolute atomic E-state index is 0.176. The topological polar surface area (TPSA) is 49.3 Å². The number of aliphatic hydroxyl groups is 1. The van der Waals surface area contributed by atoms with Crippen LogP contribution >= 0.6 is 11.6 Å². The van der Waals surface area contributed by atoms with E-state index in [0.29, 0.717) is 23.0 Å².